The van der Waals surface area contributed by atoms with Crippen molar-refractivity contribution in [3.05, 3.63) is 30.4 Å². The number of rotatable bonds is 3. The summed E-state index contributed by atoms with van der Waals surface area (Å²) in [6.07, 6.45) is 3.72. The molecule has 0 atom stereocenters. The van der Waals surface area contributed by atoms with Crippen molar-refractivity contribution in [2.45, 2.75) is 5.41 Å². The van der Waals surface area contributed by atoms with Gasteiger partial charge in [-0.2, -0.15) is 0 Å². The van der Waals surface area contributed by atoms with Crippen LogP contribution in [0, 0.1) is 0 Å². The number of H-pyrrole nitrogens is 2. The van der Waals surface area contributed by atoms with E-state index in [0.717, 1.165) is 17.2 Å². The minimum Gasteiger partial charge on any atom is -0.379 e. The van der Waals surface area contributed by atoms with Crippen molar-refractivity contribution in [1.29, 1.82) is 0 Å². The van der Waals surface area contributed by atoms with Crippen LogP contribution in [0.1, 0.15) is 5.82 Å². The van der Waals surface area contributed by atoms with Crippen LogP contribution in [-0.4, -0.2) is 34.7 Å². The molecule has 4 N–H and O–H groups in total. The topological polar surface area (TPSA) is 79.7 Å². The second-order valence-electron chi connectivity index (χ2n) is 4.21. The molecule has 5 nitrogen and oxygen atoms in total. The highest BCUT2D eigenvalue weighted by atomic mass is 16.5. The van der Waals surface area contributed by atoms with E-state index < -0.39 is 0 Å². The van der Waals surface area contributed by atoms with E-state index >= 15 is 0 Å². The van der Waals surface area contributed by atoms with Crippen LogP contribution in [0.15, 0.2) is 24.5 Å². The van der Waals surface area contributed by atoms with Crippen LogP contribution < -0.4 is 5.73 Å². The van der Waals surface area contributed by atoms with Gasteiger partial charge in [0.15, 0.2) is 0 Å². The fourth-order valence-corrected chi connectivity index (χ4v) is 1.93. The lowest BCUT2D eigenvalue weighted by molar-refractivity contribution is -0.0589. The number of nitrogens with one attached hydrogen (secondary N) is 2. The number of imidazole rings is 1. The van der Waals surface area contributed by atoms with Gasteiger partial charge in [-0.15, -0.1) is 0 Å². The number of hydrogen-bond acceptors (Lipinski definition) is 3. The Morgan fingerprint density at radius 2 is 2.31 bits per heavy atom. The predicted molar refractivity (Wildman–Crippen MR) is 59.9 cm³/mol. The van der Waals surface area contributed by atoms with E-state index in [1.54, 1.807) is 0 Å². The molecule has 5 heteroatoms. The summed E-state index contributed by atoms with van der Waals surface area (Å²) in [6, 6.07) is 3.96. The first-order chi connectivity index (χ1) is 7.84. The first kappa shape index (κ1) is 9.62. The zero-order chi connectivity index (χ0) is 11.0. The molecule has 3 heterocycles. The van der Waals surface area contributed by atoms with Crippen molar-refractivity contribution in [3.8, 4) is 11.4 Å². The van der Waals surface area contributed by atoms with Crippen LogP contribution in [0.3, 0.4) is 0 Å². The zero-order valence-corrected chi connectivity index (χ0v) is 8.86. The maximum absolute atomic E-state index is 5.78. The molecule has 0 spiro atoms. The Labute approximate surface area is 93.0 Å². The van der Waals surface area contributed by atoms with Gasteiger partial charge in [0, 0.05) is 12.7 Å². The van der Waals surface area contributed by atoms with Crippen molar-refractivity contribution in [3.63, 3.8) is 0 Å². The number of aromatic amines is 2. The number of ether oxygens (including phenoxy) is 1. The number of nitrogens with two attached hydrogens (primary N) is 1. The zero-order valence-electron chi connectivity index (χ0n) is 8.86. The molecule has 16 heavy (non-hydrogen) atoms. The second-order valence-corrected chi connectivity index (χ2v) is 4.21. The highest BCUT2D eigenvalue weighted by molar-refractivity contribution is 5.53. The summed E-state index contributed by atoms with van der Waals surface area (Å²) in [5, 5.41) is 0. The van der Waals surface area contributed by atoms with Gasteiger partial charge in [0.1, 0.15) is 5.82 Å². The number of hydrogen-bond donors (Lipinski definition) is 3. The molecule has 0 aromatic carbocycles. The van der Waals surface area contributed by atoms with E-state index in [9.17, 15) is 0 Å². The minimum atomic E-state index is -0.106. The summed E-state index contributed by atoms with van der Waals surface area (Å²) >= 11 is 0. The monoisotopic (exact) mass is 218 g/mol. The lowest BCUT2D eigenvalue weighted by Crippen LogP contribution is -2.52. The van der Waals surface area contributed by atoms with Crippen LogP contribution in [0.2, 0.25) is 0 Å². The molecule has 0 amide bonds. The first-order valence-corrected chi connectivity index (χ1v) is 5.31. The summed E-state index contributed by atoms with van der Waals surface area (Å²) in [4.78, 5) is 10.8. The molecule has 0 bridgehead atoms. The summed E-state index contributed by atoms with van der Waals surface area (Å²) in [5.74, 6) is 0.922. The average molecular weight is 218 g/mol. The van der Waals surface area contributed by atoms with E-state index in [-0.39, 0.29) is 5.41 Å². The lowest BCUT2D eigenvalue weighted by Gasteiger charge is -2.38. The van der Waals surface area contributed by atoms with Crippen LogP contribution in [-0.2, 0) is 10.2 Å². The van der Waals surface area contributed by atoms with Crippen LogP contribution in [0.4, 0.5) is 0 Å². The molecule has 0 aliphatic carbocycles. The van der Waals surface area contributed by atoms with Gasteiger partial charge in [-0.05, 0) is 12.1 Å². The van der Waals surface area contributed by atoms with Crippen LogP contribution in [0.5, 0.6) is 0 Å². The van der Waals surface area contributed by atoms with Gasteiger partial charge < -0.3 is 20.4 Å². The van der Waals surface area contributed by atoms with Gasteiger partial charge in [-0.25, -0.2) is 4.98 Å². The van der Waals surface area contributed by atoms with Gasteiger partial charge in [0.2, 0.25) is 0 Å². The smallest absolute Gasteiger partial charge is 0.118 e. The standard InChI is InChI=1S/C11H14N4O/c12-5-11(6-16-7-11)10-14-4-9(15-10)8-2-1-3-13-8/h1-4,13H,5-7,12H2,(H,14,15). The fourth-order valence-electron chi connectivity index (χ4n) is 1.93. The molecule has 0 unspecified atom stereocenters. The SMILES string of the molecule is NCC1(c2ncc(-c3ccc[nH]3)[nH]2)COC1. The van der Waals surface area contributed by atoms with Crippen LogP contribution in [0.25, 0.3) is 11.4 Å². The largest absolute Gasteiger partial charge is 0.379 e. The molecule has 1 fully saturated rings. The fraction of sp³-hybridized carbons (Fsp3) is 0.364. The summed E-state index contributed by atoms with van der Waals surface area (Å²) in [7, 11) is 0. The molecule has 2 aromatic heterocycles. The molecule has 3 rings (SSSR count). The van der Waals surface area contributed by atoms with Crippen LogP contribution >= 0.6 is 0 Å². The van der Waals surface area contributed by atoms with Crippen molar-refractivity contribution in [2.75, 3.05) is 19.8 Å². The Kier molecular flexibility index (Phi) is 2.08. The van der Waals surface area contributed by atoms with Gasteiger partial charge in [0.05, 0.1) is 36.2 Å². The van der Waals surface area contributed by atoms with E-state index in [1.165, 1.54) is 0 Å². The van der Waals surface area contributed by atoms with Crippen molar-refractivity contribution in [2.24, 2.45) is 5.73 Å². The second kappa shape index (κ2) is 3.47. The third kappa shape index (κ3) is 1.29. The molecule has 0 saturated carbocycles. The minimum absolute atomic E-state index is 0.106. The number of nitrogens with zero attached hydrogens (tertiary/aromatic N) is 1. The normalized spacial score (nSPS) is 18.3. The van der Waals surface area contributed by atoms with Crippen molar-refractivity contribution in [1.82, 2.24) is 15.0 Å². The summed E-state index contributed by atoms with van der Waals surface area (Å²) in [5.41, 5.74) is 7.69. The quantitative estimate of drug-likeness (QED) is 0.707. The Hall–Kier alpha value is -1.59. The number of aromatic nitrogens is 3. The first-order valence-electron chi connectivity index (χ1n) is 5.31. The highest BCUT2D eigenvalue weighted by Gasteiger charge is 2.41. The molecule has 1 saturated heterocycles. The summed E-state index contributed by atoms with van der Waals surface area (Å²) < 4.78 is 5.24. The molecular formula is C11H14N4O. The van der Waals surface area contributed by atoms with Gasteiger partial charge in [-0.1, -0.05) is 0 Å². The van der Waals surface area contributed by atoms with Gasteiger partial charge in [-0.3, -0.25) is 0 Å². The molecule has 0 radical (unpaired) electrons. The molecule has 1 aliphatic rings. The molecule has 84 valence electrons. The van der Waals surface area contributed by atoms with Crippen molar-refractivity contribution < 1.29 is 4.74 Å². The van der Waals surface area contributed by atoms with Gasteiger partial charge in [0.25, 0.3) is 0 Å². The Morgan fingerprint density at radius 1 is 1.44 bits per heavy atom. The summed E-state index contributed by atoms with van der Waals surface area (Å²) in [6.45, 7) is 1.87. The Morgan fingerprint density at radius 3 is 2.88 bits per heavy atom. The molecular weight excluding hydrogens is 204 g/mol. The van der Waals surface area contributed by atoms with E-state index in [1.807, 2.05) is 24.5 Å². The highest BCUT2D eigenvalue weighted by Crippen LogP contribution is 2.30. The van der Waals surface area contributed by atoms with E-state index in [4.69, 9.17) is 10.5 Å². The maximum atomic E-state index is 5.78. The molecule has 1 aliphatic heterocycles. The van der Waals surface area contributed by atoms with Crippen molar-refractivity contribution >= 4 is 0 Å². The van der Waals surface area contributed by atoms with E-state index in [2.05, 4.69) is 15.0 Å². The average Bonchev–Trinajstić information content (AvgIpc) is 2.86. The maximum Gasteiger partial charge on any atom is 0.118 e. The van der Waals surface area contributed by atoms with Gasteiger partial charge >= 0.3 is 0 Å². The molecule has 2 aromatic rings. The third-order valence-corrected chi connectivity index (χ3v) is 3.11. The lowest BCUT2D eigenvalue weighted by atomic mass is 9.85. The third-order valence-electron chi connectivity index (χ3n) is 3.11. The predicted octanol–water partition coefficient (Wildman–Crippen LogP) is 0.631. The Bertz CT molecular complexity index is 464. The van der Waals surface area contributed by atoms with E-state index in [0.29, 0.717) is 19.8 Å². The Balaban J connectivity index is 1.93.